The molecule has 5 fully saturated rings. The quantitative estimate of drug-likeness (QED) is 0.184. The molecule has 1 spiro atoms. The number of rotatable bonds is 7. The maximum Gasteiger partial charge on any atom is 0.319 e. The van der Waals surface area contributed by atoms with Gasteiger partial charge in [-0.3, -0.25) is 9.88 Å². The normalized spacial score (nSPS) is 25.7. The van der Waals surface area contributed by atoms with E-state index in [1.54, 1.807) is 12.1 Å². The van der Waals surface area contributed by atoms with Crippen molar-refractivity contribution in [3.8, 4) is 23.0 Å². The average Bonchev–Trinajstić information content (AvgIpc) is 3.79. The molecule has 5 aliphatic rings. The predicted octanol–water partition coefficient (Wildman–Crippen LogP) is 6.93. The van der Waals surface area contributed by atoms with Gasteiger partial charge in [0, 0.05) is 49.5 Å². The van der Waals surface area contributed by atoms with Crippen molar-refractivity contribution in [2.75, 3.05) is 51.5 Å². The number of hydrogen-bond acceptors (Lipinski definition) is 10. The van der Waals surface area contributed by atoms with E-state index in [9.17, 15) is 10.2 Å². The number of phenolic OH excluding ortho intramolecular Hbond substituents is 1. The molecule has 3 N–H and O–H groups in total. The smallest absolute Gasteiger partial charge is 0.319 e. The van der Waals surface area contributed by atoms with Crippen molar-refractivity contribution in [2.24, 2.45) is 10.8 Å². The Balaban J connectivity index is 0.00000203. The van der Waals surface area contributed by atoms with Crippen molar-refractivity contribution in [3.05, 3.63) is 47.7 Å². The molecular weight excluding hydrogens is 692 g/mol. The van der Waals surface area contributed by atoms with Gasteiger partial charge in [-0.15, -0.1) is 0 Å². The molecule has 4 heterocycles. The van der Waals surface area contributed by atoms with Crippen LogP contribution in [0.4, 0.5) is 14.6 Å². The van der Waals surface area contributed by atoms with E-state index in [1.807, 2.05) is 11.8 Å². The molecular formula is C42H53F2N5O5. The summed E-state index contributed by atoms with van der Waals surface area (Å²) in [7, 11) is 1.00. The SMILES string of the molecule is CCc1c(F)ccc2cc(O)cc(-c3ncc4c(N5CCOCC(O)C5)nc(OCC56CCCC5N(C5CC7(CCCC7)C5)CCC6)nc4c3F)c12.CO. The van der Waals surface area contributed by atoms with Crippen LogP contribution in [0.5, 0.6) is 11.8 Å². The van der Waals surface area contributed by atoms with Crippen molar-refractivity contribution in [3.63, 3.8) is 0 Å². The van der Waals surface area contributed by atoms with E-state index in [0.717, 1.165) is 32.9 Å². The topological polar surface area (TPSA) is 124 Å². The number of nitrogens with zero attached hydrogens (tertiary/aromatic N) is 5. The molecule has 9 rings (SSSR count). The molecule has 290 valence electrons. The molecule has 2 aromatic heterocycles. The van der Waals surface area contributed by atoms with Gasteiger partial charge in [-0.1, -0.05) is 32.3 Å². The molecule has 4 aromatic rings. The summed E-state index contributed by atoms with van der Waals surface area (Å²) in [4.78, 5) is 18.9. The third-order valence-corrected chi connectivity index (χ3v) is 13.3. The van der Waals surface area contributed by atoms with Crippen LogP contribution in [0.1, 0.15) is 83.1 Å². The number of aliphatic hydroxyl groups excluding tert-OH is 2. The number of hydrogen-bond donors (Lipinski definition) is 3. The number of aromatic nitrogens is 3. The van der Waals surface area contributed by atoms with E-state index in [1.165, 1.54) is 69.7 Å². The number of aromatic hydroxyl groups is 1. The van der Waals surface area contributed by atoms with Gasteiger partial charge in [-0.2, -0.15) is 9.97 Å². The van der Waals surface area contributed by atoms with Gasteiger partial charge < -0.3 is 29.7 Å². The Labute approximate surface area is 315 Å². The third-order valence-electron chi connectivity index (χ3n) is 13.3. The Bertz CT molecular complexity index is 2000. The van der Waals surface area contributed by atoms with Crippen LogP contribution in [-0.2, 0) is 11.2 Å². The van der Waals surface area contributed by atoms with Crippen molar-refractivity contribution in [1.29, 1.82) is 0 Å². The molecule has 3 aliphatic carbocycles. The third kappa shape index (κ3) is 6.56. The molecule has 3 saturated carbocycles. The van der Waals surface area contributed by atoms with Gasteiger partial charge in [0.05, 0.1) is 31.3 Å². The summed E-state index contributed by atoms with van der Waals surface area (Å²) in [5.41, 5.74) is 1.28. The van der Waals surface area contributed by atoms with Crippen molar-refractivity contribution in [1.82, 2.24) is 19.9 Å². The lowest BCUT2D eigenvalue weighted by Crippen LogP contribution is -2.60. The fourth-order valence-electron chi connectivity index (χ4n) is 10.8. The highest BCUT2D eigenvalue weighted by Crippen LogP contribution is 2.58. The highest BCUT2D eigenvalue weighted by atomic mass is 19.1. The first kappa shape index (κ1) is 37.2. The van der Waals surface area contributed by atoms with Crippen molar-refractivity contribution >= 4 is 27.5 Å². The van der Waals surface area contributed by atoms with Crippen molar-refractivity contribution in [2.45, 2.75) is 102 Å². The van der Waals surface area contributed by atoms with E-state index in [4.69, 9.17) is 24.5 Å². The number of likely N-dealkylation sites (tertiary alicyclic amines) is 1. The van der Waals surface area contributed by atoms with E-state index in [2.05, 4.69) is 9.88 Å². The lowest BCUT2D eigenvalue weighted by Gasteiger charge is -2.56. The molecule has 2 saturated heterocycles. The van der Waals surface area contributed by atoms with Crippen LogP contribution in [0, 0.1) is 22.5 Å². The van der Waals surface area contributed by atoms with Crippen LogP contribution < -0.4 is 9.64 Å². The second kappa shape index (κ2) is 15.1. The molecule has 10 nitrogen and oxygen atoms in total. The summed E-state index contributed by atoms with van der Waals surface area (Å²) in [5.74, 6) is -0.754. The Hall–Kier alpha value is -3.71. The van der Waals surface area contributed by atoms with Gasteiger partial charge in [0.1, 0.15) is 28.6 Å². The zero-order chi connectivity index (χ0) is 37.6. The molecule has 0 radical (unpaired) electrons. The van der Waals surface area contributed by atoms with Gasteiger partial charge in [-0.25, -0.2) is 8.78 Å². The van der Waals surface area contributed by atoms with Gasteiger partial charge in [0.25, 0.3) is 0 Å². The van der Waals surface area contributed by atoms with Crippen LogP contribution in [0.3, 0.4) is 0 Å². The maximum atomic E-state index is 17.1. The minimum absolute atomic E-state index is 0.00907. The summed E-state index contributed by atoms with van der Waals surface area (Å²) < 4.78 is 44.4. The fraction of sp³-hybridized carbons (Fsp3) is 0.595. The average molecular weight is 746 g/mol. The molecule has 12 heteroatoms. The standard InChI is InChI=1S/C41H49F2N5O4.CH4O/c1-2-29-32(42)9-8-25-17-27(49)18-30(34(25)29)36-35(43)37-31(21-44-36)38(47-15-16-51-23-28(50)22-47)46-39(45-37)52-24-41-12-5-7-33(41)48(14-6-13-41)26-19-40(20-26)10-3-4-11-40;1-2/h8-9,17-18,21,26,28,33,49-50H,2-7,10-16,19-20,22-24H2,1H3;2H,1H3. The number of ether oxygens (including phenoxy) is 2. The second-order valence-electron chi connectivity index (χ2n) is 16.3. The molecule has 0 bridgehead atoms. The molecule has 0 amide bonds. The summed E-state index contributed by atoms with van der Waals surface area (Å²) in [6, 6.07) is 7.16. The minimum atomic E-state index is -0.754. The van der Waals surface area contributed by atoms with Gasteiger partial charge in [-0.05, 0) is 104 Å². The summed E-state index contributed by atoms with van der Waals surface area (Å²) in [6.45, 7) is 4.70. The first-order chi connectivity index (χ1) is 26.3. The number of benzene rings is 2. The van der Waals surface area contributed by atoms with Crippen LogP contribution in [0.25, 0.3) is 32.9 Å². The van der Waals surface area contributed by atoms with Gasteiger partial charge in [0.15, 0.2) is 5.82 Å². The van der Waals surface area contributed by atoms with E-state index < -0.39 is 17.7 Å². The monoisotopic (exact) mass is 745 g/mol. The van der Waals surface area contributed by atoms with Gasteiger partial charge in [0.2, 0.25) is 0 Å². The molecule has 2 aliphatic heterocycles. The number of anilines is 1. The zero-order valence-corrected chi connectivity index (χ0v) is 31.5. The Morgan fingerprint density at radius 2 is 1.80 bits per heavy atom. The number of β-amino-alcohol motifs (C(OH)–C–C–N with tert-alkyl or cyclic N) is 1. The van der Waals surface area contributed by atoms with E-state index in [-0.39, 0.29) is 47.1 Å². The predicted molar refractivity (Wildman–Crippen MR) is 204 cm³/mol. The van der Waals surface area contributed by atoms with Crippen LogP contribution in [0.2, 0.25) is 0 Å². The number of phenols is 1. The molecule has 2 aromatic carbocycles. The number of halogens is 2. The van der Waals surface area contributed by atoms with Crippen molar-refractivity contribution < 1.29 is 33.6 Å². The minimum Gasteiger partial charge on any atom is -0.508 e. The summed E-state index contributed by atoms with van der Waals surface area (Å²) >= 11 is 0. The lowest BCUT2D eigenvalue weighted by atomic mass is 9.62. The number of piperidine rings is 1. The number of pyridine rings is 1. The Kier molecular flexibility index (Phi) is 10.4. The van der Waals surface area contributed by atoms with Crippen LogP contribution in [-0.4, -0.2) is 99.9 Å². The molecule has 54 heavy (non-hydrogen) atoms. The number of fused-ring (bicyclic) bond motifs is 3. The molecule has 3 unspecified atom stereocenters. The highest BCUT2D eigenvalue weighted by molar-refractivity contribution is 6.01. The summed E-state index contributed by atoms with van der Waals surface area (Å²) in [6.07, 6.45) is 15.0. The van der Waals surface area contributed by atoms with Crippen LogP contribution in [0.15, 0.2) is 30.5 Å². The number of aliphatic hydroxyl groups is 2. The first-order valence-corrected chi connectivity index (χ1v) is 19.9. The Morgan fingerprint density at radius 1 is 1.00 bits per heavy atom. The maximum absolute atomic E-state index is 17.1. The molecule has 3 atom stereocenters. The largest absolute Gasteiger partial charge is 0.508 e. The first-order valence-electron chi connectivity index (χ1n) is 19.9. The van der Waals surface area contributed by atoms with Crippen LogP contribution >= 0.6 is 0 Å². The Morgan fingerprint density at radius 3 is 2.59 bits per heavy atom. The fourth-order valence-corrected chi connectivity index (χ4v) is 10.8. The lowest BCUT2D eigenvalue weighted by molar-refractivity contribution is -0.0787. The van der Waals surface area contributed by atoms with E-state index in [0.29, 0.717) is 71.2 Å². The second-order valence-corrected chi connectivity index (χ2v) is 16.3. The summed E-state index contributed by atoms with van der Waals surface area (Å²) in [5, 5.41) is 29.8. The number of aryl methyl sites for hydroxylation is 1. The van der Waals surface area contributed by atoms with Gasteiger partial charge >= 0.3 is 6.01 Å². The van der Waals surface area contributed by atoms with E-state index >= 15 is 8.78 Å². The highest BCUT2D eigenvalue weighted by Gasteiger charge is 2.55. The zero-order valence-electron chi connectivity index (χ0n) is 31.5.